The minimum absolute atomic E-state index is 0.307. The third-order valence-corrected chi connectivity index (χ3v) is 8.86. The highest BCUT2D eigenvalue weighted by Gasteiger charge is 2.27. The Labute approximate surface area is 248 Å². The highest BCUT2D eigenvalue weighted by atomic mass is 79.9. The molecule has 41 heavy (non-hydrogen) atoms. The summed E-state index contributed by atoms with van der Waals surface area (Å²) in [6.45, 7) is 6.69. The number of methoxy groups -OCH3 is 1. The van der Waals surface area contributed by atoms with Crippen molar-refractivity contribution in [3.05, 3.63) is 40.5 Å². The average molecular weight is 649 g/mol. The van der Waals surface area contributed by atoms with Gasteiger partial charge in [0.05, 0.1) is 29.2 Å². The van der Waals surface area contributed by atoms with Crippen molar-refractivity contribution in [1.82, 2.24) is 14.9 Å². The fraction of sp³-hybridized carbons (Fsp3) is 0.407. The van der Waals surface area contributed by atoms with Gasteiger partial charge in [-0.1, -0.05) is 0 Å². The van der Waals surface area contributed by atoms with Crippen LogP contribution >= 0.6 is 15.9 Å². The van der Waals surface area contributed by atoms with Crippen LogP contribution in [0.15, 0.2) is 34.9 Å². The molecule has 3 heterocycles. The van der Waals surface area contributed by atoms with Crippen LogP contribution in [0.1, 0.15) is 5.56 Å². The van der Waals surface area contributed by atoms with E-state index in [-0.39, 0.29) is 0 Å². The summed E-state index contributed by atoms with van der Waals surface area (Å²) in [5.74, 6) is 2.25. The molecule has 5 rings (SSSR count). The van der Waals surface area contributed by atoms with E-state index in [4.69, 9.17) is 14.2 Å². The van der Waals surface area contributed by atoms with E-state index in [1.54, 1.807) is 25.4 Å². The maximum absolute atomic E-state index is 12.5. The third-order valence-electron chi connectivity index (χ3n) is 7.10. The number of nitrogens with zero attached hydrogens (tertiary/aromatic N) is 5. The average Bonchev–Trinajstić information content (AvgIpc) is 2.94. The second-order valence-corrected chi connectivity index (χ2v) is 12.9. The molecule has 0 spiro atoms. The van der Waals surface area contributed by atoms with Gasteiger partial charge in [-0.15, -0.1) is 0 Å². The van der Waals surface area contributed by atoms with Gasteiger partial charge in [0.1, 0.15) is 30.5 Å². The van der Waals surface area contributed by atoms with Crippen molar-refractivity contribution in [2.45, 2.75) is 6.92 Å². The molecule has 0 aliphatic carbocycles. The molecule has 1 fully saturated rings. The molecule has 0 atom stereocenters. The van der Waals surface area contributed by atoms with Crippen molar-refractivity contribution in [2.24, 2.45) is 0 Å². The summed E-state index contributed by atoms with van der Waals surface area (Å²) in [7, 11) is 1.64. The predicted octanol–water partition coefficient (Wildman–Crippen LogP) is 3.96. The lowest BCUT2D eigenvalue weighted by molar-refractivity contribution is 0.172. The first-order valence-electron chi connectivity index (χ1n) is 13.1. The molecule has 1 aromatic heterocycles. The molecule has 14 heteroatoms. The van der Waals surface area contributed by atoms with E-state index in [1.807, 2.05) is 12.1 Å². The van der Waals surface area contributed by atoms with Crippen LogP contribution in [-0.4, -0.2) is 90.1 Å². The molecule has 220 valence electrons. The Morgan fingerprint density at radius 2 is 1.80 bits per heavy atom. The number of rotatable bonds is 8. The molecule has 0 bridgehead atoms. The number of halogens is 1. The number of likely N-dealkylation sites (N-methyl/N-ethyl adjacent to an activating group) is 1. The topological polar surface area (TPSA) is 121 Å². The molecule has 0 saturated carbocycles. The molecule has 3 aromatic rings. The Kier molecular flexibility index (Phi) is 8.34. The SMILES string of the molecule is COc1cc(N2CCN(C)CC2)c(C)cc1Nc1ncc(Br)c(Nc2ccc3c(c2N(C)S(C)(=O)=O)OCCO3)n1. The van der Waals surface area contributed by atoms with Crippen LogP contribution < -0.4 is 34.0 Å². The molecule has 2 N–H and O–H groups in total. The van der Waals surface area contributed by atoms with Gasteiger partial charge in [-0.2, -0.15) is 4.98 Å². The molecular weight excluding hydrogens is 614 g/mol. The summed E-state index contributed by atoms with van der Waals surface area (Å²) >= 11 is 3.51. The summed E-state index contributed by atoms with van der Waals surface area (Å²) in [6.07, 6.45) is 2.75. The molecular formula is C27H34BrN7O5S. The van der Waals surface area contributed by atoms with Gasteiger partial charge in [0.2, 0.25) is 16.0 Å². The second kappa shape index (κ2) is 11.8. The summed E-state index contributed by atoms with van der Waals surface area (Å²) < 4.78 is 44.0. The largest absolute Gasteiger partial charge is 0.494 e. The number of hydrogen-bond acceptors (Lipinski definition) is 11. The highest BCUT2D eigenvalue weighted by molar-refractivity contribution is 9.10. The number of ether oxygens (including phenoxy) is 3. The van der Waals surface area contributed by atoms with Crippen molar-refractivity contribution in [1.29, 1.82) is 0 Å². The molecule has 12 nitrogen and oxygen atoms in total. The van der Waals surface area contributed by atoms with Gasteiger partial charge in [-0.3, -0.25) is 4.31 Å². The summed E-state index contributed by atoms with van der Waals surface area (Å²) in [4.78, 5) is 13.8. The van der Waals surface area contributed by atoms with Crippen LogP contribution in [0.2, 0.25) is 0 Å². The lowest BCUT2D eigenvalue weighted by Gasteiger charge is -2.35. The number of fused-ring (bicyclic) bond motifs is 1. The number of benzene rings is 2. The normalized spacial score (nSPS) is 15.4. The molecule has 0 amide bonds. The maximum Gasteiger partial charge on any atom is 0.232 e. The van der Waals surface area contributed by atoms with Crippen LogP contribution in [-0.2, 0) is 10.0 Å². The molecule has 2 aliphatic heterocycles. The van der Waals surface area contributed by atoms with Crippen molar-refractivity contribution in [2.75, 3.05) is 86.7 Å². The number of nitrogens with one attached hydrogen (secondary N) is 2. The number of anilines is 6. The quantitative estimate of drug-likeness (QED) is 0.369. The Hall–Kier alpha value is -3.49. The summed E-state index contributed by atoms with van der Waals surface area (Å²) in [6, 6.07) is 7.55. The summed E-state index contributed by atoms with van der Waals surface area (Å²) in [5.41, 5.74) is 3.77. The minimum Gasteiger partial charge on any atom is -0.494 e. The zero-order valence-corrected chi connectivity index (χ0v) is 26.1. The van der Waals surface area contributed by atoms with E-state index in [2.05, 4.69) is 60.3 Å². The fourth-order valence-corrected chi connectivity index (χ4v) is 5.58. The van der Waals surface area contributed by atoms with E-state index in [1.165, 1.54) is 7.05 Å². The molecule has 0 unspecified atom stereocenters. The van der Waals surface area contributed by atoms with Crippen LogP contribution in [0.3, 0.4) is 0 Å². The fourth-order valence-electron chi connectivity index (χ4n) is 4.78. The van der Waals surface area contributed by atoms with Gasteiger partial charge >= 0.3 is 0 Å². The number of piperazine rings is 1. The first-order chi connectivity index (χ1) is 19.5. The number of aromatic nitrogens is 2. The van der Waals surface area contributed by atoms with Gasteiger partial charge in [-0.05, 0) is 53.7 Å². The third kappa shape index (κ3) is 6.23. The van der Waals surface area contributed by atoms with Crippen molar-refractivity contribution in [3.63, 3.8) is 0 Å². The van der Waals surface area contributed by atoms with Gasteiger partial charge in [0.15, 0.2) is 11.5 Å². The van der Waals surface area contributed by atoms with Gasteiger partial charge < -0.3 is 34.6 Å². The van der Waals surface area contributed by atoms with Gasteiger partial charge in [0.25, 0.3) is 0 Å². The summed E-state index contributed by atoms with van der Waals surface area (Å²) in [5, 5.41) is 6.52. The van der Waals surface area contributed by atoms with E-state index < -0.39 is 10.0 Å². The standard InChI is InChI=1S/C27H34BrN7O5S/c1-17-14-20(23(38-4)15-21(17)35-10-8-33(2)9-11-35)31-27-29-16-18(28)26(32-27)30-19-6-7-22-25(40-13-12-39-22)24(19)34(3)41(5,36)37/h6-7,14-16H,8-13H2,1-5H3,(H2,29,30,31,32). The number of hydrogen-bond donors (Lipinski definition) is 2. The molecule has 2 aliphatic rings. The monoisotopic (exact) mass is 647 g/mol. The van der Waals surface area contributed by atoms with Crippen LogP contribution in [0, 0.1) is 6.92 Å². The maximum atomic E-state index is 12.5. The zero-order chi connectivity index (χ0) is 29.3. The molecule has 2 aromatic carbocycles. The Bertz CT molecular complexity index is 1550. The Balaban J connectivity index is 1.45. The Morgan fingerprint density at radius 3 is 2.51 bits per heavy atom. The lowest BCUT2D eigenvalue weighted by atomic mass is 10.1. The first-order valence-corrected chi connectivity index (χ1v) is 15.7. The van der Waals surface area contributed by atoms with E-state index >= 15 is 0 Å². The predicted molar refractivity (Wildman–Crippen MR) is 164 cm³/mol. The van der Waals surface area contributed by atoms with Crippen molar-refractivity contribution >= 4 is 60.5 Å². The first kappa shape index (κ1) is 29.0. The van der Waals surface area contributed by atoms with Crippen molar-refractivity contribution < 1.29 is 22.6 Å². The van der Waals surface area contributed by atoms with Gasteiger partial charge in [0, 0.05) is 51.2 Å². The van der Waals surface area contributed by atoms with Crippen LogP contribution in [0.5, 0.6) is 17.2 Å². The van der Waals surface area contributed by atoms with E-state index in [0.717, 1.165) is 53.7 Å². The van der Waals surface area contributed by atoms with Gasteiger partial charge in [-0.25, -0.2) is 13.4 Å². The minimum atomic E-state index is -3.61. The number of aryl methyl sites for hydroxylation is 1. The zero-order valence-electron chi connectivity index (χ0n) is 23.7. The molecule has 0 radical (unpaired) electrons. The molecule has 1 saturated heterocycles. The Morgan fingerprint density at radius 1 is 1.07 bits per heavy atom. The van der Waals surface area contributed by atoms with E-state index in [0.29, 0.717) is 58.1 Å². The van der Waals surface area contributed by atoms with Crippen molar-refractivity contribution in [3.8, 4) is 17.2 Å². The number of sulfonamides is 1. The van der Waals surface area contributed by atoms with Crippen LogP contribution in [0.4, 0.5) is 34.5 Å². The van der Waals surface area contributed by atoms with E-state index in [9.17, 15) is 8.42 Å². The second-order valence-electron chi connectivity index (χ2n) is 9.99. The highest BCUT2D eigenvalue weighted by Crippen LogP contribution is 2.46. The van der Waals surface area contributed by atoms with Crippen LogP contribution in [0.25, 0.3) is 0 Å². The lowest BCUT2D eigenvalue weighted by Crippen LogP contribution is -2.44. The smallest absolute Gasteiger partial charge is 0.232 e.